The second-order valence-electron chi connectivity index (χ2n) is 7.36. The topological polar surface area (TPSA) is 69.6 Å². The lowest BCUT2D eigenvalue weighted by molar-refractivity contribution is -0.143. The minimum absolute atomic E-state index is 0.00472. The fraction of sp³-hybridized carbons (Fsp3) is 0.579. The zero-order valence-electron chi connectivity index (χ0n) is 15.1. The number of carbonyl (C=O) groups excluding carboxylic acids is 2. The van der Waals surface area contributed by atoms with Crippen LogP contribution in [0.3, 0.4) is 0 Å². The summed E-state index contributed by atoms with van der Waals surface area (Å²) in [5, 5.41) is 12.9. The summed E-state index contributed by atoms with van der Waals surface area (Å²) in [5.74, 6) is -0.352. The number of hydrogen-bond donors (Lipinski definition) is 2. The molecule has 0 unspecified atom stereocenters. The van der Waals surface area contributed by atoms with Crippen molar-refractivity contribution < 1.29 is 14.7 Å². The molecule has 5 nitrogen and oxygen atoms in total. The van der Waals surface area contributed by atoms with Crippen LogP contribution in [0.25, 0.3) is 0 Å². The molecule has 1 aromatic carbocycles. The lowest BCUT2D eigenvalue weighted by Crippen LogP contribution is -2.49. The second kappa shape index (κ2) is 8.19. The van der Waals surface area contributed by atoms with Crippen molar-refractivity contribution in [2.75, 3.05) is 19.7 Å². The molecule has 138 valence electrons. The molecule has 0 bridgehead atoms. The van der Waals surface area contributed by atoms with Gasteiger partial charge in [-0.3, -0.25) is 9.59 Å². The third kappa shape index (κ3) is 4.73. The third-order valence-corrected chi connectivity index (χ3v) is 4.98. The maximum atomic E-state index is 12.8. The molecule has 1 fully saturated rings. The Morgan fingerprint density at radius 3 is 2.76 bits per heavy atom. The minimum Gasteiger partial charge on any atom is -0.396 e. The number of benzene rings is 1. The number of aliphatic hydroxyl groups excluding tert-OH is 1. The second-order valence-corrected chi connectivity index (χ2v) is 7.80. The summed E-state index contributed by atoms with van der Waals surface area (Å²) < 4.78 is 0. The average Bonchev–Trinajstić information content (AvgIpc) is 2.59. The highest BCUT2D eigenvalue weighted by molar-refractivity contribution is 6.30. The fourth-order valence-electron chi connectivity index (χ4n) is 3.22. The monoisotopic (exact) mass is 366 g/mol. The molecule has 0 saturated carbocycles. The summed E-state index contributed by atoms with van der Waals surface area (Å²) in [6, 6.07) is 7.04. The van der Waals surface area contributed by atoms with Crippen LogP contribution in [0.15, 0.2) is 24.3 Å². The number of likely N-dealkylation sites (tertiary alicyclic amines) is 1. The molecule has 1 saturated heterocycles. The molecule has 25 heavy (non-hydrogen) atoms. The first-order chi connectivity index (χ1) is 11.8. The number of rotatable bonds is 6. The van der Waals surface area contributed by atoms with Crippen LogP contribution in [0.4, 0.5) is 0 Å². The molecule has 1 aliphatic heterocycles. The first kappa shape index (κ1) is 19.7. The number of aliphatic hydroxyl groups is 1. The van der Waals surface area contributed by atoms with Crippen molar-refractivity contribution in [2.24, 2.45) is 11.3 Å². The molecule has 6 heteroatoms. The van der Waals surface area contributed by atoms with Crippen LogP contribution >= 0.6 is 11.6 Å². The Hall–Kier alpha value is -1.59. The van der Waals surface area contributed by atoms with E-state index in [2.05, 4.69) is 5.32 Å². The summed E-state index contributed by atoms with van der Waals surface area (Å²) in [6.07, 6.45) is 0.879. The van der Waals surface area contributed by atoms with E-state index in [0.29, 0.717) is 31.0 Å². The van der Waals surface area contributed by atoms with Crippen molar-refractivity contribution in [1.82, 2.24) is 10.2 Å². The number of nitrogens with zero attached hydrogens (tertiary/aromatic N) is 1. The number of halogens is 1. The van der Waals surface area contributed by atoms with Crippen LogP contribution in [0.2, 0.25) is 5.02 Å². The third-order valence-electron chi connectivity index (χ3n) is 4.74. The number of piperidine rings is 1. The van der Waals surface area contributed by atoms with E-state index in [0.717, 1.165) is 5.56 Å². The Kier molecular flexibility index (Phi) is 6.47. The molecule has 0 aliphatic carbocycles. The first-order valence-corrected chi connectivity index (χ1v) is 9.10. The van der Waals surface area contributed by atoms with Gasteiger partial charge >= 0.3 is 0 Å². The van der Waals surface area contributed by atoms with E-state index < -0.39 is 0 Å². The molecule has 1 aromatic rings. The smallest absolute Gasteiger partial charge is 0.225 e. The van der Waals surface area contributed by atoms with Crippen LogP contribution in [-0.2, 0) is 9.59 Å². The summed E-state index contributed by atoms with van der Waals surface area (Å²) in [6.45, 7) is 6.64. The lowest BCUT2D eigenvalue weighted by Gasteiger charge is -2.40. The largest absolute Gasteiger partial charge is 0.396 e. The zero-order valence-corrected chi connectivity index (χ0v) is 15.8. The molecule has 2 rings (SSSR count). The van der Waals surface area contributed by atoms with E-state index in [-0.39, 0.29) is 35.8 Å². The lowest BCUT2D eigenvalue weighted by atomic mass is 9.83. The molecule has 1 heterocycles. The zero-order chi connectivity index (χ0) is 18.6. The van der Waals surface area contributed by atoms with Crippen LogP contribution < -0.4 is 5.32 Å². The van der Waals surface area contributed by atoms with E-state index in [1.807, 2.05) is 39.0 Å². The summed E-state index contributed by atoms with van der Waals surface area (Å²) in [5.41, 5.74) is 0.500. The Bertz CT molecular complexity index is 633. The highest BCUT2D eigenvalue weighted by Gasteiger charge is 2.40. The minimum atomic E-state index is -0.379. The summed E-state index contributed by atoms with van der Waals surface area (Å²) >= 11 is 6.13. The maximum absolute atomic E-state index is 12.8. The Labute approximate surface area is 154 Å². The van der Waals surface area contributed by atoms with Gasteiger partial charge in [-0.15, -0.1) is 0 Å². The van der Waals surface area contributed by atoms with Crippen LogP contribution in [0.1, 0.15) is 45.2 Å². The van der Waals surface area contributed by atoms with E-state index in [1.165, 1.54) is 0 Å². The van der Waals surface area contributed by atoms with Gasteiger partial charge in [0.2, 0.25) is 11.8 Å². The van der Waals surface area contributed by atoms with Gasteiger partial charge in [-0.2, -0.15) is 0 Å². The first-order valence-electron chi connectivity index (χ1n) is 8.72. The van der Waals surface area contributed by atoms with Crippen molar-refractivity contribution in [3.8, 4) is 0 Å². The van der Waals surface area contributed by atoms with Gasteiger partial charge in [-0.1, -0.05) is 37.6 Å². The van der Waals surface area contributed by atoms with E-state index in [9.17, 15) is 14.7 Å². The van der Waals surface area contributed by atoms with Crippen molar-refractivity contribution >= 4 is 23.4 Å². The average molecular weight is 367 g/mol. The van der Waals surface area contributed by atoms with Crippen LogP contribution in [-0.4, -0.2) is 41.5 Å². The molecule has 2 N–H and O–H groups in total. The van der Waals surface area contributed by atoms with E-state index in [4.69, 9.17) is 11.6 Å². The van der Waals surface area contributed by atoms with Crippen molar-refractivity contribution in [2.45, 2.75) is 39.7 Å². The molecule has 2 amide bonds. The molecular weight excluding hydrogens is 340 g/mol. The van der Waals surface area contributed by atoms with Gasteiger partial charge in [0.15, 0.2) is 0 Å². The van der Waals surface area contributed by atoms with Crippen LogP contribution in [0.5, 0.6) is 0 Å². The van der Waals surface area contributed by atoms with Gasteiger partial charge in [0.25, 0.3) is 0 Å². The Balaban J connectivity index is 2.27. The van der Waals surface area contributed by atoms with Gasteiger partial charge in [-0.25, -0.2) is 0 Å². The molecule has 2 atom stereocenters. The van der Waals surface area contributed by atoms with Gasteiger partial charge in [0.05, 0.1) is 12.0 Å². The molecular formula is C19H27ClN2O3. The molecule has 0 spiro atoms. The SMILES string of the molecule is CCN1C(=O)CC[C@@H](C(=O)NCC(C)(C)CO)[C@@H]1c1cccc(Cl)c1. The van der Waals surface area contributed by atoms with Crippen LogP contribution in [0, 0.1) is 11.3 Å². The number of hydrogen-bond acceptors (Lipinski definition) is 3. The quantitative estimate of drug-likeness (QED) is 0.813. The van der Waals surface area contributed by atoms with Gasteiger partial charge < -0.3 is 15.3 Å². The number of amides is 2. The highest BCUT2D eigenvalue weighted by atomic mass is 35.5. The summed E-state index contributed by atoms with van der Waals surface area (Å²) in [7, 11) is 0. The maximum Gasteiger partial charge on any atom is 0.225 e. The predicted octanol–water partition coefficient (Wildman–Crippen LogP) is 2.77. The highest BCUT2D eigenvalue weighted by Crippen LogP contribution is 2.37. The number of carbonyl (C=O) groups is 2. The molecule has 0 radical (unpaired) electrons. The Morgan fingerprint density at radius 1 is 1.44 bits per heavy atom. The van der Waals surface area contributed by atoms with Gasteiger partial charge in [0, 0.05) is 36.6 Å². The fourth-order valence-corrected chi connectivity index (χ4v) is 3.42. The van der Waals surface area contributed by atoms with Gasteiger partial charge in [0.1, 0.15) is 0 Å². The standard InChI is InChI=1S/C19H27ClN2O3/c1-4-22-16(24)9-8-15(18(25)21-11-19(2,3)12-23)17(22)13-6-5-7-14(20)10-13/h5-7,10,15,17,23H,4,8-9,11-12H2,1-3H3,(H,21,25)/t15-,17+/m1/s1. The van der Waals surface area contributed by atoms with E-state index >= 15 is 0 Å². The molecule has 1 aliphatic rings. The Morgan fingerprint density at radius 2 is 2.16 bits per heavy atom. The van der Waals surface area contributed by atoms with Crippen molar-refractivity contribution in [1.29, 1.82) is 0 Å². The summed E-state index contributed by atoms with van der Waals surface area (Å²) in [4.78, 5) is 26.9. The van der Waals surface area contributed by atoms with E-state index in [1.54, 1.807) is 11.0 Å². The van der Waals surface area contributed by atoms with Crippen molar-refractivity contribution in [3.63, 3.8) is 0 Å². The predicted molar refractivity (Wildman–Crippen MR) is 98.2 cm³/mol. The van der Waals surface area contributed by atoms with Gasteiger partial charge in [-0.05, 0) is 31.0 Å². The number of nitrogens with one attached hydrogen (secondary N) is 1. The van der Waals surface area contributed by atoms with Crippen molar-refractivity contribution in [3.05, 3.63) is 34.9 Å². The molecule has 0 aromatic heterocycles. The normalized spacial score (nSPS) is 21.3.